The molecule has 6 fully saturated rings. The molecule has 0 aromatic heterocycles. The maximum absolute atomic E-state index is 6.72. The van der Waals surface area contributed by atoms with Crippen molar-refractivity contribution < 1.29 is 14.2 Å². The highest BCUT2D eigenvalue weighted by molar-refractivity contribution is 5.26. The van der Waals surface area contributed by atoms with Crippen molar-refractivity contribution in [1.29, 1.82) is 0 Å². The van der Waals surface area contributed by atoms with Crippen LogP contribution in [0.3, 0.4) is 0 Å². The third kappa shape index (κ3) is 3.25. The summed E-state index contributed by atoms with van der Waals surface area (Å²) in [6.07, 6.45) is 12.3. The van der Waals surface area contributed by atoms with E-state index in [4.69, 9.17) is 14.2 Å². The predicted molar refractivity (Wildman–Crippen MR) is 141 cm³/mol. The molecular formula is C32H54O3. The average molecular weight is 487 g/mol. The van der Waals surface area contributed by atoms with Crippen LogP contribution in [-0.4, -0.2) is 31.2 Å². The quantitative estimate of drug-likeness (QED) is 0.398. The van der Waals surface area contributed by atoms with Gasteiger partial charge in [0, 0.05) is 12.5 Å². The highest BCUT2D eigenvalue weighted by Gasteiger charge is 2.77. The van der Waals surface area contributed by atoms with Crippen LogP contribution in [0.15, 0.2) is 0 Å². The lowest BCUT2D eigenvalue weighted by atomic mass is 9.45. The summed E-state index contributed by atoms with van der Waals surface area (Å²) in [6, 6.07) is 0. The van der Waals surface area contributed by atoms with Gasteiger partial charge in [0.15, 0.2) is 5.79 Å². The topological polar surface area (TPSA) is 27.7 Å². The van der Waals surface area contributed by atoms with Gasteiger partial charge in [-0.3, -0.25) is 0 Å². The van der Waals surface area contributed by atoms with E-state index in [9.17, 15) is 0 Å². The van der Waals surface area contributed by atoms with Crippen molar-refractivity contribution in [2.24, 2.45) is 63.6 Å². The van der Waals surface area contributed by atoms with Crippen molar-refractivity contribution in [3.8, 4) is 0 Å². The molecule has 3 heteroatoms. The molecule has 1 aliphatic heterocycles. The Morgan fingerprint density at radius 2 is 1.54 bits per heavy atom. The van der Waals surface area contributed by atoms with E-state index in [1.165, 1.54) is 51.4 Å². The molecule has 13 atom stereocenters. The first-order chi connectivity index (χ1) is 16.4. The van der Waals surface area contributed by atoms with E-state index in [2.05, 4.69) is 55.4 Å². The zero-order valence-electron chi connectivity index (χ0n) is 24.2. The van der Waals surface area contributed by atoms with Crippen LogP contribution in [-0.2, 0) is 14.2 Å². The Hall–Kier alpha value is -0.120. The second-order valence-corrected chi connectivity index (χ2v) is 15.5. The Morgan fingerprint density at radius 3 is 2.20 bits per heavy atom. The molecule has 5 aliphatic carbocycles. The first-order valence-corrected chi connectivity index (χ1v) is 15.3. The van der Waals surface area contributed by atoms with Crippen molar-refractivity contribution in [2.75, 3.05) is 7.11 Å². The number of hydrogen-bond acceptors (Lipinski definition) is 3. The van der Waals surface area contributed by atoms with Gasteiger partial charge in [0.1, 0.15) is 0 Å². The maximum atomic E-state index is 6.72. The zero-order valence-corrected chi connectivity index (χ0v) is 24.2. The highest BCUT2D eigenvalue weighted by atomic mass is 16.8. The van der Waals surface area contributed by atoms with Gasteiger partial charge in [-0.15, -0.1) is 0 Å². The number of hydrogen-bond donors (Lipinski definition) is 0. The third-order valence-corrected chi connectivity index (χ3v) is 13.8. The van der Waals surface area contributed by atoms with E-state index in [-0.39, 0.29) is 12.2 Å². The second-order valence-electron chi connectivity index (χ2n) is 15.5. The zero-order chi connectivity index (χ0) is 25.1. The minimum Gasteiger partial charge on any atom is -0.381 e. The Labute approximate surface area is 215 Å². The van der Waals surface area contributed by atoms with E-state index in [0.717, 1.165) is 29.6 Å². The van der Waals surface area contributed by atoms with Crippen molar-refractivity contribution in [3.05, 3.63) is 0 Å². The molecule has 6 aliphatic rings. The molecule has 0 bridgehead atoms. The normalized spacial score (nSPS) is 55.7. The summed E-state index contributed by atoms with van der Waals surface area (Å²) >= 11 is 0. The summed E-state index contributed by atoms with van der Waals surface area (Å²) in [5.74, 6) is 5.52. The summed E-state index contributed by atoms with van der Waals surface area (Å²) < 4.78 is 19.7. The van der Waals surface area contributed by atoms with E-state index >= 15 is 0 Å². The standard InChI is InChI=1S/C32H54O3/c1-18(2)19(3)27-28(35-29(5,6)34-27)20(4)23-10-11-24-22-16-26(33-9)32-17-21(32)12-15-31(32,8)25(22)13-14-30(23,24)7/h18-28H,10-17H2,1-9H3/t19-,20-,21+,22-,23+,24-,25-,26+,27+,28+,30+,31+,32-/m0/s1. The van der Waals surface area contributed by atoms with Crippen molar-refractivity contribution >= 4 is 0 Å². The Balaban J connectivity index is 1.26. The summed E-state index contributed by atoms with van der Waals surface area (Å²) in [6.45, 7) is 19.2. The van der Waals surface area contributed by atoms with Crippen LogP contribution in [0, 0.1) is 63.6 Å². The Bertz CT molecular complexity index is 837. The minimum atomic E-state index is -0.468. The molecule has 5 saturated carbocycles. The lowest BCUT2D eigenvalue weighted by Crippen LogP contribution is -2.57. The predicted octanol–water partition coefficient (Wildman–Crippen LogP) is 7.72. The van der Waals surface area contributed by atoms with Crippen LogP contribution >= 0.6 is 0 Å². The van der Waals surface area contributed by atoms with Gasteiger partial charge in [0.05, 0.1) is 18.3 Å². The lowest BCUT2D eigenvalue weighted by molar-refractivity contribution is -0.168. The van der Waals surface area contributed by atoms with Gasteiger partial charge in [-0.1, -0.05) is 41.5 Å². The van der Waals surface area contributed by atoms with E-state index in [1.807, 2.05) is 7.11 Å². The average Bonchev–Trinajstić information content (AvgIpc) is 3.11. The van der Waals surface area contributed by atoms with Gasteiger partial charge >= 0.3 is 0 Å². The van der Waals surface area contributed by atoms with Crippen LogP contribution in [0.5, 0.6) is 0 Å². The smallest absolute Gasteiger partial charge is 0.163 e. The lowest BCUT2D eigenvalue weighted by Gasteiger charge is -2.61. The van der Waals surface area contributed by atoms with Crippen molar-refractivity contribution in [2.45, 2.75) is 131 Å². The molecule has 1 saturated heterocycles. The van der Waals surface area contributed by atoms with E-state index in [0.29, 0.717) is 40.1 Å². The molecule has 0 amide bonds. The fourth-order valence-corrected chi connectivity index (χ4v) is 11.7. The van der Waals surface area contributed by atoms with E-state index < -0.39 is 5.79 Å². The molecule has 1 heterocycles. The Kier molecular flexibility index (Phi) is 5.72. The Morgan fingerprint density at radius 1 is 0.829 bits per heavy atom. The molecule has 0 aromatic carbocycles. The molecule has 200 valence electrons. The summed E-state index contributed by atoms with van der Waals surface area (Å²) in [4.78, 5) is 0. The number of methoxy groups -OCH3 is 1. The number of fused-ring (bicyclic) bond motifs is 4. The molecule has 0 radical (unpaired) electrons. The van der Waals surface area contributed by atoms with Gasteiger partial charge in [-0.2, -0.15) is 0 Å². The summed E-state index contributed by atoms with van der Waals surface area (Å²) in [5, 5.41) is 0. The third-order valence-electron chi connectivity index (χ3n) is 13.8. The molecule has 6 rings (SSSR count). The summed E-state index contributed by atoms with van der Waals surface area (Å²) in [5.41, 5.74) is 1.49. The maximum Gasteiger partial charge on any atom is 0.163 e. The molecular weight excluding hydrogens is 432 g/mol. The molecule has 3 nitrogen and oxygen atoms in total. The largest absolute Gasteiger partial charge is 0.381 e. The van der Waals surface area contributed by atoms with Gasteiger partial charge in [0.2, 0.25) is 0 Å². The fraction of sp³-hybridized carbons (Fsp3) is 1.00. The first kappa shape index (κ1) is 25.2. The number of rotatable bonds is 5. The molecule has 1 spiro atoms. The van der Waals surface area contributed by atoms with E-state index in [1.54, 1.807) is 0 Å². The first-order valence-electron chi connectivity index (χ1n) is 15.3. The molecule has 35 heavy (non-hydrogen) atoms. The van der Waals surface area contributed by atoms with Crippen LogP contribution in [0.4, 0.5) is 0 Å². The number of ether oxygens (including phenoxy) is 3. The van der Waals surface area contributed by atoms with Crippen LogP contribution < -0.4 is 0 Å². The SMILES string of the molecule is CO[C@@H]1C[C@H]2[C@@H]3CC[C@H]([C@H](C)[C@H]4OC(C)(C)O[C@@H]4[C@@H](C)C(C)C)[C@@]3(C)CC[C@@H]2[C@@]2(C)CC[C@@H]3C[C@]312. The molecule has 0 unspecified atom stereocenters. The van der Waals surface area contributed by atoms with Crippen LogP contribution in [0.1, 0.15) is 107 Å². The second kappa shape index (κ2) is 7.95. The van der Waals surface area contributed by atoms with Crippen molar-refractivity contribution in [1.82, 2.24) is 0 Å². The van der Waals surface area contributed by atoms with Crippen molar-refractivity contribution in [3.63, 3.8) is 0 Å². The van der Waals surface area contributed by atoms with Gasteiger partial charge in [-0.05, 0) is 123 Å². The van der Waals surface area contributed by atoms with Crippen LogP contribution in [0.2, 0.25) is 0 Å². The minimum absolute atomic E-state index is 0.204. The monoisotopic (exact) mass is 486 g/mol. The fourth-order valence-electron chi connectivity index (χ4n) is 11.7. The molecule has 0 aromatic rings. The van der Waals surface area contributed by atoms with Gasteiger partial charge < -0.3 is 14.2 Å². The highest BCUT2D eigenvalue weighted by Crippen LogP contribution is 2.82. The van der Waals surface area contributed by atoms with Gasteiger partial charge in [-0.25, -0.2) is 0 Å². The summed E-state index contributed by atoms with van der Waals surface area (Å²) in [7, 11) is 2.02. The molecule has 0 N–H and O–H groups in total. The van der Waals surface area contributed by atoms with Gasteiger partial charge in [0.25, 0.3) is 0 Å². The van der Waals surface area contributed by atoms with Crippen LogP contribution in [0.25, 0.3) is 0 Å².